The Kier molecular flexibility index (Phi) is 3.96. The van der Waals surface area contributed by atoms with Crippen LogP contribution in [0.1, 0.15) is 37.5 Å². The molecule has 2 fully saturated rings. The van der Waals surface area contributed by atoms with Gasteiger partial charge < -0.3 is 14.2 Å². The van der Waals surface area contributed by atoms with Crippen molar-refractivity contribution in [2.45, 2.75) is 31.6 Å². The molecule has 0 unspecified atom stereocenters. The molecule has 0 spiro atoms. The molecule has 6 heteroatoms. The molecule has 6 nitrogen and oxygen atoms in total. The lowest BCUT2D eigenvalue weighted by molar-refractivity contribution is -0.133. The Labute approximate surface area is 140 Å². The first-order chi connectivity index (χ1) is 11.7. The first kappa shape index (κ1) is 15.2. The Balaban J connectivity index is 1.50. The number of methoxy groups -OCH3 is 1. The molecule has 2 aromatic rings. The van der Waals surface area contributed by atoms with Crippen LogP contribution < -0.4 is 4.74 Å². The van der Waals surface area contributed by atoms with E-state index in [0.29, 0.717) is 24.2 Å². The predicted octanol–water partition coefficient (Wildman–Crippen LogP) is 2.86. The molecular weight excluding hydrogens is 306 g/mol. The molecule has 1 aromatic carbocycles. The third-order valence-corrected chi connectivity index (χ3v) is 4.78. The Morgan fingerprint density at radius 2 is 2.21 bits per heavy atom. The summed E-state index contributed by atoms with van der Waals surface area (Å²) in [4.78, 5) is 18.8. The van der Waals surface area contributed by atoms with Gasteiger partial charge >= 0.3 is 0 Å². The molecule has 0 N–H and O–H groups in total. The molecule has 1 saturated heterocycles. The van der Waals surface area contributed by atoms with Gasteiger partial charge in [0.05, 0.1) is 13.0 Å². The minimum atomic E-state index is 0.133. The lowest BCUT2D eigenvalue weighted by Gasteiger charge is -2.31. The lowest BCUT2D eigenvalue weighted by Crippen LogP contribution is -2.40. The van der Waals surface area contributed by atoms with Crippen molar-refractivity contribution in [3.63, 3.8) is 0 Å². The zero-order valence-electron chi connectivity index (χ0n) is 13.8. The number of nitrogens with zero attached hydrogens (tertiary/aromatic N) is 3. The van der Waals surface area contributed by atoms with Crippen molar-refractivity contribution >= 4 is 5.91 Å². The molecule has 0 bridgehead atoms. The van der Waals surface area contributed by atoms with Gasteiger partial charge in [-0.2, -0.15) is 4.98 Å². The highest BCUT2D eigenvalue weighted by molar-refractivity contribution is 5.81. The number of carbonyl (C=O) groups is 1. The van der Waals surface area contributed by atoms with Gasteiger partial charge in [-0.25, -0.2) is 0 Å². The van der Waals surface area contributed by atoms with Crippen LogP contribution in [-0.4, -0.2) is 41.1 Å². The van der Waals surface area contributed by atoms with Crippen molar-refractivity contribution in [2.75, 3.05) is 20.2 Å². The van der Waals surface area contributed by atoms with E-state index in [4.69, 9.17) is 9.26 Å². The molecule has 1 saturated carbocycles. The minimum absolute atomic E-state index is 0.133. The van der Waals surface area contributed by atoms with Crippen LogP contribution in [0.2, 0.25) is 0 Å². The number of ether oxygens (including phenoxy) is 1. The Morgan fingerprint density at radius 1 is 1.33 bits per heavy atom. The van der Waals surface area contributed by atoms with Gasteiger partial charge in [-0.05, 0) is 37.8 Å². The van der Waals surface area contributed by atoms with Crippen molar-refractivity contribution in [3.8, 4) is 17.1 Å². The average molecular weight is 327 g/mol. The molecule has 1 amide bonds. The summed E-state index contributed by atoms with van der Waals surface area (Å²) in [6.45, 7) is 1.54. The van der Waals surface area contributed by atoms with Crippen LogP contribution in [0.15, 0.2) is 28.8 Å². The Morgan fingerprint density at radius 3 is 3.00 bits per heavy atom. The molecule has 1 aliphatic carbocycles. The maximum absolute atomic E-state index is 12.3. The van der Waals surface area contributed by atoms with Crippen molar-refractivity contribution < 1.29 is 14.1 Å². The fourth-order valence-electron chi connectivity index (χ4n) is 3.25. The van der Waals surface area contributed by atoms with E-state index in [2.05, 4.69) is 10.1 Å². The number of hydrogen-bond acceptors (Lipinski definition) is 5. The van der Waals surface area contributed by atoms with E-state index in [9.17, 15) is 4.79 Å². The first-order valence-corrected chi connectivity index (χ1v) is 8.51. The van der Waals surface area contributed by atoms with Crippen molar-refractivity contribution in [1.29, 1.82) is 0 Å². The molecule has 126 valence electrons. The second kappa shape index (κ2) is 6.26. The normalized spacial score (nSPS) is 20.9. The molecule has 4 rings (SSSR count). The summed E-state index contributed by atoms with van der Waals surface area (Å²) in [6.07, 6.45) is 4.05. The van der Waals surface area contributed by atoms with Crippen LogP contribution in [0.4, 0.5) is 0 Å². The number of likely N-dealkylation sites (tertiary alicyclic amines) is 1. The summed E-state index contributed by atoms with van der Waals surface area (Å²) in [5.74, 6) is 2.65. The first-order valence-electron chi connectivity index (χ1n) is 8.51. The van der Waals surface area contributed by atoms with Crippen LogP contribution in [0.25, 0.3) is 11.4 Å². The van der Waals surface area contributed by atoms with Gasteiger partial charge in [-0.1, -0.05) is 17.3 Å². The quantitative estimate of drug-likeness (QED) is 0.864. The molecule has 1 aliphatic heterocycles. The van der Waals surface area contributed by atoms with E-state index in [0.717, 1.165) is 43.5 Å². The summed E-state index contributed by atoms with van der Waals surface area (Å²) in [7, 11) is 1.63. The number of hydrogen-bond donors (Lipinski definition) is 0. The zero-order valence-corrected chi connectivity index (χ0v) is 13.8. The minimum Gasteiger partial charge on any atom is -0.497 e. The topological polar surface area (TPSA) is 68.5 Å². The molecular formula is C18H21N3O3. The largest absolute Gasteiger partial charge is 0.497 e. The van der Waals surface area contributed by atoms with Gasteiger partial charge in [0.2, 0.25) is 17.6 Å². The second-order valence-corrected chi connectivity index (χ2v) is 6.59. The van der Waals surface area contributed by atoms with Gasteiger partial charge in [0.25, 0.3) is 0 Å². The van der Waals surface area contributed by atoms with E-state index in [-0.39, 0.29) is 11.8 Å². The summed E-state index contributed by atoms with van der Waals surface area (Å²) in [6, 6.07) is 7.60. The standard InChI is InChI=1S/C18H21N3O3/c1-23-15-6-2-4-13(10-15)16-19-17(24-20-16)14-5-3-9-21(11-14)18(22)12-7-8-12/h2,4,6,10,12,14H,3,5,7-9,11H2,1H3/t14-/m1/s1. The summed E-state index contributed by atoms with van der Waals surface area (Å²) >= 11 is 0. The number of carbonyl (C=O) groups excluding carboxylic acids is 1. The second-order valence-electron chi connectivity index (χ2n) is 6.59. The van der Waals surface area contributed by atoms with E-state index in [1.807, 2.05) is 29.2 Å². The fourth-order valence-corrected chi connectivity index (χ4v) is 3.25. The van der Waals surface area contributed by atoms with Crippen LogP contribution in [0.5, 0.6) is 5.75 Å². The van der Waals surface area contributed by atoms with Crippen molar-refractivity contribution in [3.05, 3.63) is 30.2 Å². The van der Waals surface area contributed by atoms with E-state index in [1.54, 1.807) is 7.11 Å². The van der Waals surface area contributed by atoms with Crippen molar-refractivity contribution in [1.82, 2.24) is 15.0 Å². The van der Waals surface area contributed by atoms with Gasteiger partial charge in [0.1, 0.15) is 5.75 Å². The molecule has 2 aliphatic rings. The van der Waals surface area contributed by atoms with Gasteiger partial charge in [-0.3, -0.25) is 4.79 Å². The molecule has 0 radical (unpaired) electrons. The molecule has 1 aromatic heterocycles. The summed E-state index contributed by atoms with van der Waals surface area (Å²) in [5, 5.41) is 4.11. The Bertz CT molecular complexity index is 739. The number of rotatable bonds is 4. The lowest BCUT2D eigenvalue weighted by atomic mass is 9.97. The van der Waals surface area contributed by atoms with Crippen LogP contribution >= 0.6 is 0 Å². The third kappa shape index (κ3) is 3.00. The zero-order chi connectivity index (χ0) is 16.5. The summed E-state index contributed by atoms with van der Waals surface area (Å²) in [5.41, 5.74) is 0.867. The smallest absolute Gasteiger partial charge is 0.231 e. The fraction of sp³-hybridized carbons (Fsp3) is 0.500. The van der Waals surface area contributed by atoms with E-state index >= 15 is 0 Å². The SMILES string of the molecule is COc1cccc(-c2noc([C@@H]3CCCN(C(=O)C4CC4)C3)n2)c1. The summed E-state index contributed by atoms with van der Waals surface area (Å²) < 4.78 is 10.7. The average Bonchev–Trinajstić information content (AvgIpc) is 3.37. The van der Waals surface area contributed by atoms with Gasteiger partial charge in [0, 0.05) is 24.6 Å². The maximum Gasteiger partial charge on any atom is 0.231 e. The van der Waals surface area contributed by atoms with Crippen LogP contribution in [-0.2, 0) is 4.79 Å². The maximum atomic E-state index is 12.3. The highest BCUT2D eigenvalue weighted by atomic mass is 16.5. The third-order valence-electron chi connectivity index (χ3n) is 4.78. The van der Waals surface area contributed by atoms with Crippen molar-refractivity contribution in [2.24, 2.45) is 5.92 Å². The number of amides is 1. The van der Waals surface area contributed by atoms with Crippen LogP contribution in [0.3, 0.4) is 0 Å². The van der Waals surface area contributed by atoms with E-state index in [1.165, 1.54) is 0 Å². The highest BCUT2D eigenvalue weighted by Gasteiger charge is 2.36. The van der Waals surface area contributed by atoms with Gasteiger partial charge in [0.15, 0.2) is 0 Å². The number of aromatic nitrogens is 2. The predicted molar refractivity (Wildman–Crippen MR) is 87.6 cm³/mol. The Hall–Kier alpha value is -2.37. The van der Waals surface area contributed by atoms with E-state index < -0.39 is 0 Å². The van der Waals surface area contributed by atoms with Gasteiger partial charge in [-0.15, -0.1) is 0 Å². The van der Waals surface area contributed by atoms with Crippen LogP contribution in [0, 0.1) is 5.92 Å². The molecule has 2 heterocycles. The molecule has 24 heavy (non-hydrogen) atoms. The number of benzene rings is 1. The monoisotopic (exact) mass is 327 g/mol. The molecule has 1 atom stereocenters. The highest BCUT2D eigenvalue weighted by Crippen LogP contribution is 2.34. The number of piperidine rings is 1.